The molecule has 0 saturated heterocycles. The maximum absolute atomic E-state index is 9.05. The quantitative estimate of drug-likeness (QED) is 0.643. The standard InChI is InChI=1S/C10H15NO3/c1-14-10-3-2-7(9(11)6-13)4-8(10)5-12/h2-4,9,12-13H,5-6,11H2,1H3/t9-/m0/s1. The third-order valence-electron chi connectivity index (χ3n) is 2.10. The van der Waals surface area contributed by atoms with Crippen LogP contribution in [0.25, 0.3) is 0 Å². The van der Waals surface area contributed by atoms with Gasteiger partial charge >= 0.3 is 0 Å². The van der Waals surface area contributed by atoms with Gasteiger partial charge < -0.3 is 20.7 Å². The van der Waals surface area contributed by atoms with Crippen molar-refractivity contribution in [3.05, 3.63) is 29.3 Å². The molecule has 78 valence electrons. The molecule has 0 aliphatic heterocycles. The molecule has 0 fully saturated rings. The van der Waals surface area contributed by atoms with Gasteiger partial charge in [0.15, 0.2) is 0 Å². The minimum Gasteiger partial charge on any atom is -0.496 e. The maximum Gasteiger partial charge on any atom is 0.124 e. The van der Waals surface area contributed by atoms with Gasteiger partial charge in [0, 0.05) is 5.56 Å². The summed E-state index contributed by atoms with van der Waals surface area (Å²) in [6, 6.07) is 4.83. The summed E-state index contributed by atoms with van der Waals surface area (Å²) in [5.74, 6) is 0.626. The largest absolute Gasteiger partial charge is 0.496 e. The van der Waals surface area contributed by atoms with E-state index in [0.717, 1.165) is 5.56 Å². The second-order valence-electron chi connectivity index (χ2n) is 3.02. The molecule has 14 heavy (non-hydrogen) atoms. The first-order chi connectivity index (χ1) is 6.72. The number of aliphatic hydroxyl groups is 2. The van der Waals surface area contributed by atoms with Gasteiger partial charge in [0.1, 0.15) is 5.75 Å². The van der Waals surface area contributed by atoms with E-state index in [2.05, 4.69) is 0 Å². The molecular formula is C10H15NO3. The van der Waals surface area contributed by atoms with Gasteiger partial charge in [-0.25, -0.2) is 0 Å². The van der Waals surface area contributed by atoms with Crippen LogP contribution in [-0.4, -0.2) is 23.9 Å². The van der Waals surface area contributed by atoms with E-state index in [0.29, 0.717) is 11.3 Å². The molecule has 0 aliphatic rings. The van der Waals surface area contributed by atoms with Crippen molar-refractivity contribution in [1.82, 2.24) is 0 Å². The number of rotatable bonds is 4. The molecule has 1 aromatic rings. The van der Waals surface area contributed by atoms with Gasteiger partial charge in [-0.05, 0) is 17.7 Å². The van der Waals surface area contributed by atoms with Gasteiger partial charge in [-0.1, -0.05) is 6.07 Å². The lowest BCUT2D eigenvalue weighted by Gasteiger charge is -2.12. The summed E-state index contributed by atoms with van der Waals surface area (Å²) in [6.45, 7) is -0.216. The molecule has 0 spiro atoms. The van der Waals surface area contributed by atoms with Gasteiger partial charge in [-0.2, -0.15) is 0 Å². The Bertz CT molecular complexity index is 301. The van der Waals surface area contributed by atoms with Crippen molar-refractivity contribution in [3.63, 3.8) is 0 Å². The van der Waals surface area contributed by atoms with Crippen molar-refractivity contribution in [2.24, 2.45) is 5.73 Å². The average molecular weight is 197 g/mol. The molecule has 4 N–H and O–H groups in total. The van der Waals surface area contributed by atoms with Crippen LogP contribution in [0.2, 0.25) is 0 Å². The minimum atomic E-state index is -0.411. The normalized spacial score (nSPS) is 12.6. The number of benzene rings is 1. The summed E-state index contributed by atoms with van der Waals surface area (Å²) in [6.07, 6.45) is 0. The van der Waals surface area contributed by atoms with E-state index in [-0.39, 0.29) is 13.2 Å². The van der Waals surface area contributed by atoms with Gasteiger partial charge in [-0.15, -0.1) is 0 Å². The number of nitrogens with two attached hydrogens (primary N) is 1. The van der Waals surface area contributed by atoms with E-state index in [1.165, 1.54) is 0 Å². The lowest BCUT2D eigenvalue weighted by molar-refractivity contribution is 0.265. The Balaban J connectivity index is 3.01. The molecule has 0 amide bonds. The molecular weight excluding hydrogens is 182 g/mol. The molecule has 1 aromatic carbocycles. The summed E-state index contributed by atoms with van der Waals surface area (Å²) in [5.41, 5.74) is 7.10. The highest BCUT2D eigenvalue weighted by molar-refractivity contribution is 5.37. The topological polar surface area (TPSA) is 75.7 Å². The number of hydrogen-bond donors (Lipinski definition) is 3. The zero-order valence-corrected chi connectivity index (χ0v) is 8.10. The van der Waals surface area contributed by atoms with E-state index in [1.54, 1.807) is 25.3 Å². The second kappa shape index (κ2) is 4.95. The number of hydrogen-bond acceptors (Lipinski definition) is 4. The van der Waals surface area contributed by atoms with Crippen LogP contribution in [0.15, 0.2) is 18.2 Å². The Morgan fingerprint density at radius 2 is 2.14 bits per heavy atom. The first kappa shape index (κ1) is 11.0. The summed E-state index contributed by atoms with van der Waals surface area (Å²) >= 11 is 0. The summed E-state index contributed by atoms with van der Waals surface area (Å²) < 4.78 is 5.04. The van der Waals surface area contributed by atoms with Gasteiger partial charge in [0.05, 0.1) is 26.4 Å². The van der Waals surface area contributed by atoms with Crippen LogP contribution in [0.1, 0.15) is 17.2 Å². The first-order valence-corrected chi connectivity index (χ1v) is 4.37. The van der Waals surface area contributed by atoms with E-state index >= 15 is 0 Å². The zero-order valence-electron chi connectivity index (χ0n) is 8.10. The number of methoxy groups -OCH3 is 1. The number of aliphatic hydroxyl groups excluding tert-OH is 2. The fourth-order valence-electron chi connectivity index (χ4n) is 1.26. The molecule has 0 bridgehead atoms. The van der Waals surface area contributed by atoms with Crippen molar-refractivity contribution >= 4 is 0 Å². The maximum atomic E-state index is 9.05. The Morgan fingerprint density at radius 1 is 1.43 bits per heavy atom. The van der Waals surface area contributed by atoms with Crippen LogP contribution < -0.4 is 10.5 Å². The number of ether oxygens (including phenoxy) is 1. The second-order valence-corrected chi connectivity index (χ2v) is 3.02. The predicted octanol–water partition coefficient (Wildman–Crippen LogP) is 0.180. The molecule has 1 rings (SSSR count). The van der Waals surface area contributed by atoms with E-state index in [1.807, 2.05) is 0 Å². The van der Waals surface area contributed by atoms with Crippen molar-refractivity contribution in [1.29, 1.82) is 0 Å². The highest BCUT2D eigenvalue weighted by Gasteiger charge is 2.08. The summed E-state index contributed by atoms with van der Waals surface area (Å²) in [7, 11) is 1.54. The van der Waals surface area contributed by atoms with Crippen molar-refractivity contribution in [2.45, 2.75) is 12.6 Å². The molecule has 0 radical (unpaired) electrons. The van der Waals surface area contributed by atoms with Crippen LogP contribution >= 0.6 is 0 Å². The summed E-state index contributed by atoms with van der Waals surface area (Å²) in [5, 5.41) is 17.9. The lowest BCUT2D eigenvalue weighted by atomic mass is 10.0. The molecule has 0 saturated carbocycles. The van der Waals surface area contributed by atoms with Crippen LogP contribution in [0.3, 0.4) is 0 Å². The first-order valence-electron chi connectivity index (χ1n) is 4.37. The fraction of sp³-hybridized carbons (Fsp3) is 0.400. The van der Waals surface area contributed by atoms with Gasteiger partial charge in [0.25, 0.3) is 0 Å². The smallest absolute Gasteiger partial charge is 0.124 e. The Labute approximate surface area is 82.9 Å². The molecule has 4 heteroatoms. The zero-order chi connectivity index (χ0) is 10.6. The van der Waals surface area contributed by atoms with E-state index in [4.69, 9.17) is 20.7 Å². The minimum absolute atomic E-state index is 0.102. The van der Waals surface area contributed by atoms with Crippen LogP contribution in [0.5, 0.6) is 5.75 Å². The van der Waals surface area contributed by atoms with Gasteiger partial charge in [-0.3, -0.25) is 0 Å². The van der Waals surface area contributed by atoms with E-state index < -0.39 is 6.04 Å². The monoisotopic (exact) mass is 197 g/mol. The van der Waals surface area contributed by atoms with Crippen LogP contribution in [-0.2, 0) is 6.61 Å². The highest BCUT2D eigenvalue weighted by Crippen LogP contribution is 2.22. The van der Waals surface area contributed by atoms with Crippen molar-refractivity contribution in [3.8, 4) is 5.75 Å². The molecule has 1 atom stereocenters. The van der Waals surface area contributed by atoms with Crippen LogP contribution in [0, 0.1) is 0 Å². The SMILES string of the molecule is COc1ccc([C@@H](N)CO)cc1CO. The third-order valence-corrected chi connectivity index (χ3v) is 2.10. The van der Waals surface area contributed by atoms with Crippen LogP contribution in [0.4, 0.5) is 0 Å². The van der Waals surface area contributed by atoms with Crippen molar-refractivity contribution < 1.29 is 14.9 Å². The molecule has 0 aromatic heterocycles. The summed E-state index contributed by atoms with van der Waals surface area (Å²) in [4.78, 5) is 0. The molecule has 0 aliphatic carbocycles. The average Bonchev–Trinajstić information content (AvgIpc) is 2.26. The molecule has 0 heterocycles. The molecule has 0 unspecified atom stereocenters. The molecule has 4 nitrogen and oxygen atoms in total. The lowest BCUT2D eigenvalue weighted by Crippen LogP contribution is -2.14. The van der Waals surface area contributed by atoms with Crippen molar-refractivity contribution in [2.75, 3.05) is 13.7 Å². The fourth-order valence-corrected chi connectivity index (χ4v) is 1.26. The Kier molecular flexibility index (Phi) is 3.88. The van der Waals surface area contributed by atoms with Gasteiger partial charge in [0.2, 0.25) is 0 Å². The third kappa shape index (κ3) is 2.23. The predicted molar refractivity (Wildman–Crippen MR) is 52.9 cm³/mol. The van der Waals surface area contributed by atoms with E-state index in [9.17, 15) is 0 Å². The Hall–Kier alpha value is -1.10. The Morgan fingerprint density at radius 3 is 2.64 bits per heavy atom. The highest BCUT2D eigenvalue weighted by atomic mass is 16.5.